The Morgan fingerprint density at radius 3 is 2.46 bits per heavy atom. The zero-order valence-corrected chi connectivity index (χ0v) is 20.5. The van der Waals surface area contributed by atoms with E-state index in [1.807, 2.05) is 66.4 Å². The molecule has 0 atom stereocenters. The summed E-state index contributed by atoms with van der Waals surface area (Å²) in [7, 11) is 3.55. The Bertz CT molecular complexity index is 1400. The molecular weight excluding hydrogens is 487 g/mol. The smallest absolute Gasteiger partial charge is 0.341 e. The van der Waals surface area contributed by atoms with E-state index in [1.165, 1.54) is 0 Å². The lowest BCUT2D eigenvalue weighted by atomic mass is 10.0. The van der Waals surface area contributed by atoms with Crippen LogP contribution in [0.3, 0.4) is 0 Å². The molecule has 0 aliphatic rings. The third-order valence-corrected chi connectivity index (χ3v) is 5.86. The maximum Gasteiger partial charge on any atom is 0.341 e. The fourth-order valence-corrected chi connectivity index (χ4v) is 4.06. The van der Waals surface area contributed by atoms with Crippen LogP contribution in [0.4, 0.5) is 0 Å². The first-order chi connectivity index (χ1) is 16.8. The molecule has 0 spiro atoms. The first kappa shape index (κ1) is 24.4. The molecular formula is C27H22Cl2N2O4. The van der Waals surface area contributed by atoms with Crippen LogP contribution in [-0.2, 0) is 11.8 Å². The molecule has 0 aliphatic carbocycles. The number of rotatable bonds is 8. The van der Waals surface area contributed by atoms with Gasteiger partial charge in [-0.2, -0.15) is 0 Å². The minimum absolute atomic E-state index is 0.379. The lowest BCUT2D eigenvalue weighted by Gasteiger charge is -2.09. The number of halogens is 2. The highest BCUT2D eigenvalue weighted by molar-refractivity contribution is 6.36. The Kier molecular flexibility index (Phi) is 7.44. The van der Waals surface area contributed by atoms with Crippen molar-refractivity contribution in [2.45, 2.75) is 0 Å². The van der Waals surface area contributed by atoms with Gasteiger partial charge in [0, 0.05) is 29.4 Å². The van der Waals surface area contributed by atoms with E-state index in [0.29, 0.717) is 15.8 Å². The molecule has 6 nitrogen and oxygen atoms in total. The summed E-state index contributed by atoms with van der Waals surface area (Å²) in [4.78, 5) is 15.4. The number of imidazole rings is 1. The Morgan fingerprint density at radius 2 is 1.77 bits per heavy atom. The molecule has 35 heavy (non-hydrogen) atoms. The van der Waals surface area contributed by atoms with Crippen molar-refractivity contribution in [2.24, 2.45) is 7.05 Å². The SMILES string of the molecule is COc1ccc(-c2ccc(OCC(=O)O)cc2)cc1/C=C/c1nc(-c2ccc(Cl)cc2Cl)cn1C. The number of hydrogen-bond donors (Lipinski definition) is 1. The quantitative estimate of drug-likeness (QED) is 0.286. The number of hydrogen-bond acceptors (Lipinski definition) is 4. The van der Waals surface area contributed by atoms with Crippen molar-refractivity contribution in [3.05, 3.63) is 88.3 Å². The van der Waals surface area contributed by atoms with Gasteiger partial charge < -0.3 is 19.1 Å². The van der Waals surface area contributed by atoms with Gasteiger partial charge in [0.25, 0.3) is 0 Å². The van der Waals surface area contributed by atoms with Crippen LogP contribution in [0.5, 0.6) is 11.5 Å². The highest BCUT2D eigenvalue weighted by atomic mass is 35.5. The van der Waals surface area contributed by atoms with Crippen LogP contribution >= 0.6 is 23.2 Å². The number of ether oxygens (including phenoxy) is 2. The molecule has 4 rings (SSSR count). The van der Waals surface area contributed by atoms with Crippen molar-refractivity contribution in [3.8, 4) is 33.9 Å². The van der Waals surface area contributed by atoms with Crippen LogP contribution in [0.2, 0.25) is 10.0 Å². The second-order valence-corrected chi connectivity index (χ2v) is 8.56. The third-order valence-electron chi connectivity index (χ3n) is 5.31. The summed E-state index contributed by atoms with van der Waals surface area (Å²) >= 11 is 12.4. The van der Waals surface area contributed by atoms with E-state index in [1.54, 1.807) is 31.4 Å². The first-order valence-corrected chi connectivity index (χ1v) is 11.4. The van der Waals surface area contributed by atoms with Crippen molar-refractivity contribution >= 4 is 41.3 Å². The van der Waals surface area contributed by atoms with Crippen LogP contribution in [0.25, 0.3) is 34.5 Å². The predicted molar refractivity (Wildman–Crippen MR) is 139 cm³/mol. The van der Waals surface area contributed by atoms with E-state index >= 15 is 0 Å². The van der Waals surface area contributed by atoms with Crippen LogP contribution < -0.4 is 9.47 Å². The lowest BCUT2D eigenvalue weighted by Crippen LogP contribution is -2.09. The van der Waals surface area contributed by atoms with E-state index in [-0.39, 0.29) is 6.61 Å². The number of aliphatic carboxylic acids is 1. The summed E-state index contributed by atoms with van der Waals surface area (Å²) in [5.41, 5.74) is 4.37. The number of benzene rings is 3. The van der Waals surface area contributed by atoms with Gasteiger partial charge in [-0.05, 0) is 65.7 Å². The van der Waals surface area contributed by atoms with Crippen LogP contribution in [-0.4, -0.2) is 34.3 Å². The summed E-state index contributed by atoms with van der Waals surface area (Å²) in [6.07, 6.45) is 5.77. The first-order valence-electron chi connectivity index (χ1n) is 10.6. The molecule has 178 valence electrons. The van der Waals surface area contributed by atoms with Gasteiger partial charge in [0.05, 0.1) is 17.8 Å². The average molecular weight is 509 g/mol. The van der Waals surface area contributed by atoms with Gasteiger partial charge in [-0.3, -0.25) is 0 Å². The van der Waals surface area contributed by atoms with Crippen molar-refractivity contribution in [2.75, 3.05) is 13.7 Å². The highest BCUT2D eigenvalue weighted by Gasteiger charge is 2.10. The molecule has 0 aliphatic heterocycles. The number of aryl methyl sites for hydroxylation is 1. The molecule has 0 unspecified atom stereocenters. The number of nitrogens with zero attached hydrogens (tertiary/aromatic N) is 2. The Balaban J connectivity index is 1.60. The van der Waals surface area contributed by atoms with Gasteiger partial charge >= 0.3 is 5.97 Å². The molecule has 1 heterocycles. The molecule has 8 heteroatoms. The molecule has 3 aromatic carbocycles. The van der Waals surface area contributed by atoms with E-state index in [9.17, 15) is 4.79 Å². The molecule has 0 saturated carbocycles. The van der Waals surface area contributed by atoms with Gasteiger partial charge in [0.15, 0.2) is 6.61 Å². The molecule has 0 radical (unpaired) electrons. The number of carboxylic acids is 1. The molecule has 0 saturated heterocycles. The third kappa shape index (κ3) is 5.85. The highest BCUT2D eigenvalue weighted by Crippen LogP contribution is 2.31. The Morgan fingerprint density at radius 1 is 1.03 bits per heavy atom. The topological polar surface area (TPSA) is 73.6 Å². The normalized spacial score (nSPS) is 11.1. The minimum Gasteiger partial charge on any atom is -0.496 e. The van der Waals surface area contributed by atoms with Gasteiger partial charge in [-0.1, -0.05) is 41.4 Å². The van der Waals surface area contributed by atoms with E-state index in [0.717, 1.165) is 39.5 Å². The molecule has 0 fully saturated rings. The maximum absolute atomic E-state index is 10.7. The van der Waals surface area contributed by atoms with Gasteiger partial charge in [0.1, 0.15) is 17.3 Å². The summed E-state index contributed by atoms with van der Waals surface area (Å²) in [5, 5.41) is 9.87. The van der Waals surface area contributed by atoms with Crippen molar-refractivity contribution in [3.63, 3.8) is 0 Å². The average Bonchev–Trinajstić information content (AvgIpc) is 3.21. The van der Waals surface area contributed by atoms with Gasteiger partial charge in [-0.25, -0.2) is 9.78 Å². The Labute approximate surface area is 213 Å². The van der Waals surface area contributed by atoms with Crippen LogP contribution in [0.15, 0.2) is 66.9 Å². The lowest BCUT2D eigenvalue weighted by molar-refractivity contribution is -0.139. The molecule has 1 aromatic heterocycles. The largest absolute Gasteiger partial charge is 0.496 e. The standard InChI is InChI=1S/C27H22Cl2N2O4/c1-31-15-24(22-10-7-20(28)14-23(22)29)30-26(31)12-6-19-13-18(5-11-25(19)34-2)17-3-8-21(9-4-17)35-16-27(32)33/h3-15H,16H2,1-2H3,(H,32,33)/b12-6+. The fourth-order valence-electron chi connectivity index (χ4n) is 3.56. The number of carbonyl (C=O) groups is 1. The van der Waals surface area contributed by atoms with Crippen molar-refractivity contribution in [1.29, 1.82) is 0 Å². The Hall–Kier alpha value is -3.74. The van der Waals surface area contributed by atoms with Crippen molar-refractivity contribution in [1.82, 2.24) is 9.55 Å². The van der Waals surface area contributed by atoms with E-state index in [2.05, 4.69) is 0 Å². The molecule has 0 bridgehead atoms. The number of methoxy groups -OCH3 is 1. The molecule has 0 amide bonds. The number of carboxylic acid groups (broad SMARTS) is 1. The monoisotopic (exact) mass is 508 g/mol. The summed E-state index contributed by atoms with van der Waals surface area (Å²) in [6, 6.07) is 18.5. The van der Waals surface area contributed by atoms with Gasteiger partial charge in [0.2, 0.25) is 0 Å². The zero-order chi connectivity index (χ0) is 24.9. The number of aromatic nitrogens is 2. The molecule has 1 N–H and O–H groups in total. The summed E-state index contributed by atoms with van der Waals surface area (Å²) in [5.74, 6) is 0.952. The second kappa shape index (κ2) is 10.7. The molecule has 4 aromatic rings. The second-order valence-electron chi connectivity index (χ2n) is 7.72. The summed E-state index contributed by atoms with van der Waals surface area (Å²) < 4.78 is 12.7. The van der Waals surface area contributed by atoms with E-state index < -0.39 is 5.97 Å². The maximum atomic E-state index is 10.7. The fraction of sp³-hybridized carbons (Fsp3) is 0.111. The minimum atomic E-state index is -1.02. The van der Waals surface area contributed by atoms with Gasteiger partial charge in [-0.15, -0.1) is 0 Å². The van der Waals surface area contributed by atoms with Crippen molar-refractivity contribution < 1.29 is 19.4 Å². The van der Waals surface area contributed by atoms with Crippen LogP contribution in [0.1, 0.15) is 11.4 Å². The predicted octanol–water partition coefficient (Wildman–Crippen LogP) is 6.70. The van der Waals surface area contributed by atoms with E-state index in [4.69, 9.17) is 42.8 Å². The summed E-state index contributed by atoms with van der Waals surface area (Å²) in [6.45, 7) is -0.379. The van der Waals surface area contributed by atoms with Crippen LogP contribution in [0, 0.1) is 0 Å². The zero-order valence-electron chi connectivity index (χ0n) is 19.0.